The van der Waals surface area contributed by atoms with E-state index in [0.717, 1.165) is 24.4 Å². The van der Waals surface area contributed by atoms with Crippen LogP contribution in [-0.4, -0.2) is 52.1 Å². The molecule has 0 radical (unpaired) electrons. The summed E-state index contributed by atoms with van der Waals surface area (Å²) in [6.07, 6.45) is 7.56. The number of anilines is 1. The van der Waals surface area contributed by atoms with Gasteiger partial charge in [0.1, 0.15) is 5.75 Å². The van der Waals surface area contributed by atoms with Gasteiger partial charge in [-0.3, -0.25) is 9.78 Å². The summed E-state index contributed by atoms with van der Waals surface area (Å²) in [6, 6.07) is 7.49. The summed E-state index contributed by atoms with van der Waals surface area (Å²) in [6.45, 7) is 1.45. The van der Waals surface area contributed by atoms with Crippen molar-refractivity contribution in [2.24, 2.45) is 0 Å². The molecule has 3 aromatic rings. The van der Waals surface area contributed by atoms with Crippen molar-refractivity contribution in [2.45, 2.75) is 12.5 Å². The van der Waals surface area contributed by atoms with Gasteiger partial charge in [0.15, 0.2) is 0 Å². The summed E-state index contributed by atoms with van der Waals surface area (Å²) in [5.41, 5.74) is 2.28. The molecule has 4 rings (SSSR count). The first-order chi connectivity index (χ1) is 13.2. The molecule has 0 bridgehead atoms. The van der Waals surface area contributed by atoms with Gasteiger partial charge in [0.2, 0.25) is 5.95 Å². The van der Waals surface area contributed by atoms with Crippen molar-refractivity contribution in [3.05, 3.63) is 54.6 Å². The molecule has 1 fully saturated rings. The maximum atomic E-state index is 12.5. The number of rotatable bonds is 5. The molecule has 138 valence electrons. The predicted octanol–water partition coefficient (Wildman–Crippen LogP) is 1.88. The first-order valence-corrected chi connectivity index (χ1v) is 8.74. The van der Waals surface area contributed by atoms with Gasteiger partial charge in [-0.1, -0.05) is 0 Å². The third-order valence-electron chi connectivity index (χ3n) is 4.53. The summed E-state index contributed by atoms with van der Waals surface area (Å²) < 4.78 is 5.12. The second-order valence-electron chi connectivity index (χ2n) is 6.34. The molecule has 1 unspecified atom stereocenters. The van der Waals surface area contributed by atoms with Crippen LogP contribution in [0.25, 0.3) is 11.4 Å². The molecule has 1 amide bonds. The lowest BCUT2D eigenvalue weighted by molar-refractivity contribution is 0.0939. The highest BCUT2D eigenvalue weighted by molar-refractivity contribution is 5.94. The quantitative estimate of drug-likeness (QED) is 0.718. The highest BCUT2D eigenvalue weighted by Crippen LogP contribution is 2.20. The Balaban J connectivity index is 1.41. The minimum Gasteiger partial charge on any atom is -0.495 e. The van der Waals surface area contributed by atoms with Crippen LogP contribution in [0.4, 0.5) is 5.95 Å². The number of pyridine rings is 1. The maximum absolute atomic E-state index is 12.5. The van der Waals surface area contributed by atoms with Gasteiger partial charge >= 0.3 is 0 Å². The number of carbonyl (C=O) groups is 1. The van der Waals surface area contributed by atoms with Crippen LogP contribution in [0.1, 0.15) is 16.8 Å². The summed E-state index contributed by atoms with van der Waals surface area (Å²) in [4.78, 5) is 30.7. The van der Waals surface area contributed by atoms with Crippen LogP contribution in [0.2, 0.25) is 0 Å². The number of nitrogens with one attached hydrogen (secondary N) is 2. The Labute approximate surface area is 156 Å². The second-order valence-corrected chi connectivity index (χ2v) is 6.34. The molecule has 3 aromatic heterocycles. The zero-order valence-electron chi connectivity index (χ0n) is 14.9. The Morgan fingerprint density at radius 3 is 3.11 bits per heavy atom. The number of aromatic nitrogens is 4. The number of carbonyl (C=O) groups excluding carboxylic acids is 1. The van der Waals surface area contributed by atoms with Gasteiger partial charge in [0, 0.05) is 37.7 Å². The Hall–Kier alpha value is -3.42. The van der Waals surface area contributed by atoms with E-state index < -0.39 is 0 Å². The highest BCUT2D eigenvalue weighted by Gasteiger charge is 2.26. The Morgan fingerprint density at radius 2 is 2.30 bits per heavy atom. The summed E-state index contributed by atoms with van der Waals surface area (Å²) in [5, 5.41) is 3.05. The zero-order chi connectivity index (χ0) is 18.6. The smallest absolute Gasteiger partial charge is 0.253 e. The fourth-order valence-electron chi connectivity index (χ4n) is 3.12. The van der Waals surface area contributed by atoms with Gasteiger partial charge in [0.05, 0.1) is 30.3 Å². The molecule has 0 aliphatic carbocycles. The van der Waals surface area contributed by atoms with Crippen LogP contribution in [-0.2, 0) is 0 Å². The molecule has 1 saturated heterocycles. The molecule has 1 aliphatic heterocycles. The standard InChI is InChI=1S/C19H20N6O2/c1-27-15-9-13(10-20-11-15)18(26)23-14-5-8-25(12-14)19-22-7-4-17(24-19)16-3-2-6-21-16/h2-4,6-7,9-11,14,21H,5,8,12H2,1H3,(H,23,26). The van der Waals surface area contributed by atoms with Crippen molar-refractivity contribution in [3.8, 4) is 17.1 Å². The normalized spacial score (nSPS) is 16.3. The van der Waals surface area contributed by atoms with Crippen LogP contribution in [0.15, 0.2) is 49.1 Å². The summed E-state index contributed by atoms with van der Waals surface area (Å²) in [5.74, 6) is 1.07. The number of amides is 1. The van der Waals surface area contributed by atoms with Crippen molar-refractivity contribution in [2.75, 3.05) is 25.1 Å². The van der Waals surface area contributed by atoms with Gasteiger partial charge in [-0.25, -0.2) is 9.97 Å². The lowest BCUT2D eigenvalue weighted by Crippen LogP contribution is -2.37. The highest BCUT2D eigenvalue weighted by atomic mass is 16.5. The zero-order valence-corrected chi connectivity index (χ0v) is 14.9. The number of H-pyrrole nitrogens is 1. The molecule has 0 aromatic carbocycles. The summed E-state index contributed by atoms with van der Waals surface area (Å²) >= 11 is 0. The SMILES string of the molecule is COc1cncc(C(=O)NC2CCN(c3nccc(-c4ccc[nH]4)n3)C2)c1. The van der Waals surface area contributed by atoms with E-state index in [0.29, 0.717) is 23.8 Å². The lowest BCUT2D eigenvalue weighted by Gasteiger charge is -2.17. The summed E-state index contributed by atoms with van der Waals surface area (Å²) in [7, 11) is 1.55. The Morgan fingerprint density at radius 1 is 1.37 bits per heavy atom. The maximum Gasteiger partial charge on any atom is 0.253 e. The van der Waals surface area contributed by atoms with Crippen LogP contribution in [0.3, 0.4) is 0 Å². The minimum absolute atomic E-state index is 0.0291. The third-order valence-corrected chi connectivity index (χ3v) is 4.53. The molecular weight excluding hydrogens is 344 g/mol. The van der Waals surface area contributed by atoms with E-state index in [-0.39, 0.29) is 11.9 Å². The average Bonchev–Trinajstić information content (AvgIpc) is 3.40. The van der Waals surface area contributed by atoms with Gasteiger partial charge in [-0.2, -0.15) is 0 Å². The predicted molar refractivity (Wildman–Crippen MR) is 101 cm³/mol. The van der Waals surface area contributed by atoms with Crippen molar-refractivity contribution in [1.29, 1.82) is 0 Å². The van der Waals surface area contributed by atoms with Crippen LogP contribution >= 0.6 is 0 Å². The largest absolute Gasteiger partial charge is 0.495 e. The van der Waals surface area contributed by atoms with E-state index in [1.165, 1.54) is 6.20 Å². The van der Waals surface area contributed by atoms with Gasteiger partial charge < -0.3 is 19.9 Å². The first kappa shape index (κ1) is 17.0. The number of hydrogen-bond acceptors (Lipinski definition) is 6. The molecule has 8 heteroatoms. The molecule has 2 N–H and O–H groups in total. The molecule has 0 saturated carbocycles. The molecule has 0 spiro atoms. The van der Waals surface area contributed by atoms with Gasteiger partial charge in [-0.05, 0) is 30.7 Å². The Bertz CT molecular complexity index is 927. The molecule has 4 heterocycles. The van der Waals surface area contributed by atoms with Crippen molar-refractivity contribution in [1.82, 2.24) is 25.3 Å². The number of ether oxygens (including phenoxy) is 1. The molecule has 27 heavy (non-hydrogen) atoms. The van der Waals surface area contributed by atoms with E-state index in [9.17, 15) is 4.79 Å². The number of nitrogens with zero attached hydrogens (tertiary/aromatic N) is 4. The van der Waals surface area contributed by atoms with Crippen molar-refractivity contribution >= 4 is 11.9 Å². The topological polar surface area (TPSA) is 96.0 Å². The Kier molecular flexibility index (Phi) is 4.69. The molecule has 1 atom stereocenters. The number of aromatic amines is 1. The average molecular weight is 364 g/mol. The first-order valence-electron chi connectivity index (χ1n) is 8.74. The monoisotopic (exact) mass is 364 g/mol. The second kappa shape index (κ2) is 7.45. The number of methoxy groups -OCH3 is 1. The number of hydrogen-bond donors (Lipinski definition) is 2. The van der Waals surface area contributed by atoms with Crippen LogP contribution < -0.4 is 15.0 Å². The lowest BCUT2D eigenvalue weighted by atomic mass is 10.2. The van der Waals surface area contributed by atoms with E-state index in [1.54, 1.807) is 25.6 Å². The van der Waals surface area contributed by atoms with Crippen molar-refractivity contribution < 1.29 is 9.53 Å². The molecule has 1 aliphatic rings. The minimum atomic E-state index is -0.158. The van der Waals surface area contributed by atoms with E-state index in [2.05, 4.69) is 30.2 Å². The fraction of sp³-hybridized carbons (Fsp3) is 0.263. The third kappa shape index (κ3) is 3.74. The molecular formula is C19H20N6O2. The van der Waals surface area contributed by atoms with Crippen molar-refractivity contribution in [3.63, 3.8) is 0 Å². The van der Waals surface area contributed by atoms with Gasteiger partial charge in [0.25, 0.3) is 5.91 Å². The molecule has 8 nitrogen and oxygen atoms in total. The fourth-order valence-corrected chi connectivity index (χ4v) is 3.12. The van der Waals surface area contributed by atoms with Crippen LogP contribution in [0, 0.1) is 0 Å². The van der Waals surface area contributed by atoms with Gasteiger partial charge in [-0.15, -0.1) is 0 Å². The van der Waals surface area contributed by atoms with E-state index in [4.69, 9.17) is 4.74 Å². The van der Waals surface area contributed by atoms with E-state index in [1.807, 2.05) is 24.4 Å². The van der Waals surface area contributed by atoms with Crippen LogP contribution in [0.5, 0.6) is 5.75 Å². The van der Waals surface area contributed by atoms with E-state index >= 15 is 0 Å².